The Labute approximate surface area is 87.1 Å². The molecule has 0 aliphatic carbocycles. The number of allylic oxidation sites excluding steroid dienone is 1. The van der Waals surface area contributed by atoms with Gasteiger partial charge in [0, 0.05) is 3.58 Å². The molecule has 0 aliphatic rings. The van der Waals surface area contributed by atoms with Crippen molar-refractivity contribution in [3.63, 3.8) is 0 Å². The second-order valence-electron chi connectivity index (χ2n) is 2.76. The summed E-state index contributed by atoms with van der Waals surface area (Å²) in [6.45, 7) is 9.75. The Kier molecular flexibility index (Phi) is 3.09. The Morgan fingerprint density at radius 2 is 1.50 bits per heavy atom. The van der Waals surface area contributed by atoms with Crippen LogP contribution in [0.5, 0.6) is 0 Å². The van der Waals surface area contributed by atoms with Crippen LogP contribution in [0.1, 0.15) is 18.1 Å². The Balaban J connectivity index is 3.01. The fraction of sp³-hybridized carbons (Fsp3) is 0.0909. The molecule has 1 aromatic rings. The summed E-state index contributed by atoms with van der Waals surface area (Å²) in [5.74, 6) is 0. The van der Waals surface area contributed by atoms with E-state index in [-0.39, 0.29) is 0 Å². The van der Waals surface area contributed by atoms with Crippen LogP contribution in [0.25, 0.3) is 9.15 Å². The van der Waals surface area contributed by atoms with E-state index in [4.69, 9.17) is 0 Å². The van der Waals surface area contributed by atoms with Gasteiger partial charge < -0.3 is 0 Å². The first-order valence-electron chi connectivity index (χ1n) is 3.72. The van der Waals surface area contributed by atoms with E-state index in [1.54, 1.807) is 0 Å². The average Bonchev–Trinajstić information content (AvgIpc) is 2.04. The third-order valence-corrected chi connectivity index (χ3v) is 2.31. The maximum atomic E-state index is 3.88. The van der Waals surface area contributed by atoms with Gasteiger partial charge in [-0.1, -0.05) is 43.0 Å². The van der Waals surface area contributed by atoms with Crippen molar-refractivity contribution in [3.05, 3.63) is 48.6 Å². The minimum atomic E-state index is 1.07. The largest absolute Gasteiger partial charge is 0.0955 e. The molecule has 0 aliphatic heterocycles. The van der Waals surface area contributed by atoms with E-state index < -0.39 is 0 Å². The topological polar surface area (TPSA) is 0 Å². The van der Waals surface area contributed by atoms with Gasteiger partial charge in [-0.05, 0) is 40.6 Å². The molecule has 0 spiro atoms. The zero-order chi connectivity index (χ0) is 9.14. The number of rotatable bonds is 2. The monoisotopic (exact) mass is 270 g/mol. The van der Waals surface area contributed by atoms with Crippen molar-refractivity contribution in [1.82, 2.24) is 0 Å². The second-order valence-corrected chi connectivity index (χ2v) is 4.06. The van der Waals surface area contributed by atoms with E-state index in [1.807, 2.05) is 6.92 Å². The summed E-state index contributed by atoms with van der Waals surface area (Å²) >= 11 is 2.22. The van der Waals surface area contributed by atoms with Crippen LogP contribution < -0.4 is 0 Å². The maximum absolute atomic E-state index is 3.88. The van der Waals surface area contributed by atoms with Crippen molar-refractivity contribution in [1.29, 1.82) is 0 Å². The summed E-state index contributed by atoms with van der Waals surface area (Å²) in [6, 6.07) is 8.28. The SMILES string of the molecule is C=C(C)c1ccc(C(=C)I)cc1. The lowest BCUT2D eigenvalue weighted by molar-refractivity contribution is 1.56. The Morgan fingerprint density at radius 3 is 1.83 bits per heavy atom. The molecule has 1 heteroatoms. The normalized spacial score (nSPS) is 9.50. The smallest absolute Gasteiger partial charge is 0.0130 e. The van der Waals surface area contributed by atoms with E-state index in [2.05, 4.69) is 60.0 Å². The van der Waals surface area contributed by atoms with Crippen LogP contribution in [0, 0.1) is 0 Å². The molecule has 0 amide bonds. The zero-order valence-corrected chi connectivity index (χ0v) is 9.26. The van der Waals surface area contributed by atoms with Crippen LogP contribution in [-0.4, -0.2) is 0 Å². The molecule has 0 nitrogen and oxygen atoms in total. The third-order valence-electron chi connectivity index (χ3n) is 1.69. The fourth-order valence-corrected chi connectivity index (χ4v) is 1.30. The van der Waals surface area contributed by atoms with Gasteiger partial charge >= 0.3 is 0 Å². The predicted octanol–water partition coefficient (Wildman–Crippen LogP) is 4.13. The summed E-state index contributed by atoms with van der Waals surface area (Å²) in [5, 5.41) is 0. The number of hydrogen-bond donors (Lipinski definition) is 0. The highest BCUT2D eigenvalue weighted by atomic mass is 127. The summed E-state index contributed by atoms with van der Waals surface area (Å²) in [4.78, 5) is 0. The minimum absolute atomic E-state index is 1.07. The van der Waals surface area contributed by atoms with Gasteiger partial charge in [0.15, 0.2) is 0 Å². The van der Waals surface area contributed by atoms with E-state index in [0.717, 1.165) is 9.15 Å². The summed E-state index contributed by atoms with van der Waals surface area (Å²) in [6.07, 6.45) is 0. The quantitative estimate of drug-likeness (QED) is 0.709. The fourth-order valence-electron chi connectivity index (χ4n) is 0.936. The molecule has 0 bridgehead atoms. The van der Waals surface area contributed by atoms with E-state index in [0.29, 0.717) is 0 Å². The molecular weight excluding hydrogens is 259 g/mol. The van der Waals surface area contributed by atoms with Gasteiger partial charge in [0.2, 0.25) is 0 Å². The first-order chi connectivity index (χ1) is 5.61. The van der Waals surface area contributed by atoms with Crippen molar-refractivity contribution in [3.8, 4) is 0 Å². The predicted molar refractivity (Wildman–Crippen MR) is 64.2 cm³/mol. The van der Waals surface area contributed by atoms with Crippen molar-refractivity contribution in [2.45, 2.75) is 6.92 Å². The second kappa shape index (κ2) is 3.90. The van der Waals surface area contributed by atoms with Gasteiger partial charge in [0.25, 0.3) is 0 Å². The first kappa shape index (κ1) is 9.52. The van der Waals surface area contributed by atoms with E-state index in [1.165, 1.54) is 11.1 Å². The molecule has 0 radical (unpaired) electrons. The number of benzene rings is 1. The molecule has 1 rings (SSSR count). The highest BCUT2D eigenvalue weighted by molar-refractivity contribution is 14.1. The van der Waals surface area contributed by atoms with Crippen LogP contribution in [0.2, 0.25) is 0 Å². The van der Waals surface area contributed by atoms with Crippen molar-refractivity contribution < 1.29 is 0 Å². The van der Waals surface area contributed by atoms with Crippen LogP contribution >= 0.6 is 22.6 Å². The summed E-state index contributed by atoms with van der Waals surface area (Å²) in [5.41, 5.74) is 3.47. The Bertz CT molecular complexity index is 273. The van der Waals surface area contributed by atoms with Gasteiger partial charge in [-0.3, -0.25) is 0 Å². The van der Waals surface area contributed by atoms with Gasteiger partial charge in [-0.2, -0.15) is 0 Å². The Hall–Kier alpha value is -0.570. The lowest BCUT2D eigenvalue weighted by atomic mass is 10.1. The van der Waals surface area contributed by atoms with Gasteiger partial charge in [0.05, 0.1) is 0 Å². The summed E-state index contributed by atoms with van der Waals surface area (Å²) in [7, 11) is 0. The van der Waals surface area contributed by atoms with Crippen LogP contribution in [-0.2, 0) is 0 Å². The molecule has 0 atom stereocenters. The first-order valence-corrected chi connectivity index (χ1v) is 4.80. The molecule has 0 N–H and O–H groups in total. The molecule has 0 aromatic heterocycles. The molecule has 0 unspecified atom stereocenters. The zero-order valence-electron chi connectivity index (χ0n) is 7.10. The lowest BCUT2D eigenvalue weighted by Crippen LogP contribution is -1.79. The minimum Gasteiger partial charge on any atom is -0.0955 e. The molecule has 0 heterocycles. The molecule has 12 heavy (non-hydrogen) atoms. The molecule has 62 valence electrons. The maximum Gasteiger partial charge on any atom is 0.0130 e. The lowest BCUT2D eigenvalue weighted by Gasteiger charge is -2.01. The molecule has 0 saturated carbocycles. The average molecular weight is 270 g/mol. The highest BCUT2D eigenvalue weighted by Crippen LogP contribution is 2.21. The van der Waals surface area contributed by atoms with Crippen LogP contribution in [0.15, 0.2) is 37.4 Å². The van der Waals surface area contributed by atoms with Gasteiger partial charge in [0.1, 0.15) is 0 Å². The van der Waals surface area contributed by atoms with Crippen LogP contribution in [0.4, 0.5) is 0 Å². The standard InChI is InChI=1S/C11H11I/c1-8(2)10-4-6-11(7-5-10)9(3)12/h4-7H,1,3H2,2H3. The Morgan fingerprint density at radius 1 is 1.08 bits per heavy atom. The van der Waals surface area contributed by atoms with Crippen molar-refractivity contribution in [2.75, 3.05) is 0 Å². The van der Waals surface area contributed by atoms with Gasteiger partial charge in [-0.15, -0.1) is 0 Å². The molecule has 1 aromatic carbocycles. The third kappa shape index (κ3) is 2.21. The molecule has 0 fully saturated rings. The van der Waals surface area contributed by atoms with E-state index in [9.17, 15) is 0 Å². The van der Waals surface area contributed by atoms with Gasteiger partial charge in [-0.25, -0.2) is 0 Å². The molecular formula is C11H11I. The highest BCUT2D eigenvalue weighted by Gasteiger charge is 1.95. The van der Waals surface area contributed by atoms with Crippen LogP contribution in [0.3, 0.4) is 0 Å². The van der Waals surface area contributed by atoms with Crippen molar-refractivity contribution in [2.24, 2.45) is 0 Å². The number of halogens is 1. The van der Waals surface area contributed by atoms with E-state index >= 15 is 0 Å². The summed E-state index contributed by atoms with van der Waals surface area (Å²) < 4.78 is 1.07. The molecule has 0 saturated heterocycles. The number of hydrogen-bond acceptors (Lipinski definition) is 0. The van der Waals surface area contributed by atoms with Crippen molar-refractivity contribution >= 4 is 31.7 Å².